The molecule has 0 aliphatic heterocycles. The van der Waals surface area contributed by atoms with E-state index in [9.17, 15) is 14.0 Å². The predicted octanol–water partition coefficient (Wildman–Crippen LogP) is 3.69. The summed E-state index contributed by atoms with van der Waals surface area (Å²) in [6.07, 6.45) is 0. The van der Waals surface area contributed by atoms with Gasteiger partial charge in [0.1, 0.15) is 5.82 Å². The maximum Gasteiger partial charge on any atom is 0.254 e. The van der Waals surface area contributed by atoms with E-state index in [0.29, 0.717) is 30.9 Å². The fourth-order valence-corrected chi connectivity index (χ4v) is 3.07. The second-order valence-electron chi connectivity index (χ2n) is 8.42. The van der Waals surface area contributed by atoms with E-state index in [0.717, 1.165) is 11.3 Å². The standard InChI is InChI=1S/C24H33FN4O2/c1-17(2)23(30)26-21-11-12-22(28(5)6)19(15-21)16-29(14-13-27(3)4)24(31)18-7-9-20(25)10-8-18/h7-12,15,17H,13-14,16H2,1-6H3,(H,26,30). The summed E-state index contributed by atoms with van der Waals surface area (Å²) in [7, 11) is 7.79. The quantitative estimate of drug-likeness (QED) is 0.662. The van der Waals surface area contributed by atoms with Crippen LogP contribution >= 0.6 is 0 Å². The van der Waals surface area contributed by atoms with Crippen molar-refractivity contribution in [3.8, 4) is 0 Å². The van der Waals surface area contributed by atoms with Crippen LogP contribution in [0.15, 0.2) is 42.5 Å². The second kappa shape index (κ2) is 10.9. The number of hydrogen-bond acceptors (Lipinski definition) is 4. The number of nitrogens with one attached hydrogen (secondary N) is 1. The third kappa shape index (κ3) is 7.07. The maximum atomic E-state index is 13.3. The van der Waals surface area contributed by atoms with Crippen molar-refractivity contribution in [3.05, 3.63) is 59.4 Å². The molecule has 2 aromatic carbocycles. The van der Waals surface area contributed by atoms with Crippen molar-refractivity contribution in [2.45, 2.75) is 20.4 Å². The van der Waals surface area contributed by atoms with Gasteiger partial charge in [-0.1, -0.05) is 13.8 Å². The third-order valence-electron chi connectivity index (χ3n) is 4.91. The molecule has 0 saturated heterocycles. The Hall–Kier alpha value is -2.93. The van der Waals surface area contributed by atoms with E-state index in [1.165, 1.54) is 24.3 Å². The predicted molar refractivity (Wildman–Crippen MR) is 124 cm³/mol. The summed E-state index contributed by atoms with van der Waals surface area (Å²) >= 11 is 0. The Labute approximate surface area is 184 Å². The molecule has 31 heavy (non-hydrogen) atoms. The number of carbonyl (C=O) groups excluding carboxylic acids is 2. The molecule has 6 nitrogen and oxygen atoms in total. The molecule has 0 aliphatic rings. The van der Waals surface area contributed by atoms with Crippen molar-refractivity contribution >= 4 is 23.2 Å². The van der Waals surface area contributed by atoms with Crippen LogP contribution in [0, 0.1) is 11.7 Å². The highest BCUT2D eigenvalue weighted by Gasteiger charge is 2.19. The van der Waals surface area contributed by atoms with Gasteiger partial charge in [0.25, 0.3) is 5.91 Å². The summed E-state index contributed by atoms with van der Waals surface area (Å²) in [5.74, 6) is -0.730. The Kier molecular flexibility index (Phi) is 8.56. The summed E-state index contributed by atoms with van der Waals surface area (Å²) < 4.78 is 13.3. The molecule has 0 heterocycles. The number of halogens is 1. The van der Waals surface area contributed by atoms with Crippen molar-refractivity contribution in [1.82, 2.24) is 9.80 Å². The molecule has 7 heteroatoms. The lowest BCUT2D eigenvalue weighted by atomic mass is 10.1. The topological polar surface area (TPSA) is 55.9 Å². The molecule has 2 amide bonds. The molecule has 0 aromatic heterocycles. The van der Waals surface area contributed by atoms with Crippen LogP contribution in [0.3, 0.4) is 0 Å². The number of hydrogen-bond donors (Lipinski definition) is 1. The second-order valence-corrected chi connectivity index (χ2v) is 8.42. The molecule has 2 rings (SSSR count). The van der Waals surface area contributed by atoms with Crippen LogP contribution in [-0.4, -0.2) is 62.9 Å². The SMILES string of the molecule is CC(C)C(=O)Nc1ccc(N(C)C)c(CN(CCN(C)C)C(=O)c2ccc(F)cc2)c1. The lowest BCUT2D eigenvalue weighted by Crippen LogP contribution is -2.36. The van der Waals surface area contributed by atoms with E-state index in [1.54, 1.807) is 4.90 Å². The van der Waals surface area contributed by atoms with Gasteiger partial charge in [0.2, 0.25) is 5.91 Å². The molecule has 0 radical (unpaired) electrons. The van der Waals surface area contributed by atoms with Crippen molar-refractivity contribution in [3.63, 3.8) is 0 Å². The number of likely N-dealkylation sites (N-methyl/N-ethyl adjacent to an activating group) is 1. The van der Waals surface area contributed by atoms with Crippen molar-refractivity contribution in [2.75, 3.05) is 51.5 Å². The zero-order valence-electron chi connectivity index (χ0n) is 19.3. The van der Waals surface area contributed by atoms with E-state index in [4.69, 9.17) is 0 Å². The first-order valence-corrected chi connectivity index (χ1v) is 10.4. The summed E-state index contributed by atoms with van der Waals surface area (Å²) in [5.41, 5.74) is 3.02. The minimum Gasteiger partial charge on any atom is -0.377 e. The van der Waals surface area contributed by atoms with Gasteiger partial charge < -0.3 is 20.0 Å². The van der Waals surface area contributed by atoms with Gasteiger partial charge in [-0.2, -0.15) is 0 Å². The van der Waals surface area contributed by atoms with Crippen LogP contribution in [0.2, 0.25) is 0 Å². The van der Waals surface area contributed by atoms with E-state index < -0.39 is 0 Å². The highest BCUT2D eigenvalue weighted by Crippen LogP contribution is 2.25. The molecule has 0 atom stereocenters. The van der Waals surface area contributed by atoms with Crippen LogP contribution in [0.1, 0.15) is 29.8 Å². The van der Waals surface area contributed by atoms with Gasteiger partial charge in [0, 0.05) is 56.6 Å². The lowest BCUT2D eigenvalue weighted by molar-refractivity contribution is -0.118. The van der Waals surface area contributed by atoms with Gasteiger partial charge in [-0.3, -0.25) is 9.59 Å². The van der Waals surface area contributed by atoms with Crippen LogP contribution in [-0.2, 0) is 11.3 Å². The van der Waals surface area contributed by atoms with E-state index >= 15 is 0 Å². The van der Waals surface area contributed by atoms with Gasteiger partial charge in [-0.05, 0) is 62.1 Å². The van der Waals surface area contributed by atoms with Crippen LogP contribution < -0.4 is 10.2 Å². The molecule has 1 N–H and O–H groups in total. The minimum absolute atomic E-state index is 0.0598. The zero-order valence-corrected chi connectivity index (χ0v) is 19.3. The number of nitrogens with zero attached hydrogens (tertiary/aromatic N) is 3. The largest absolute Gasteiger partial charge is 0.377 e. The molecular weight excluding hydrogens is 395 g/mol. The summed E-state index contributed by atoms with van der Waals surface area (Å²) in [5, 5.41) is 2.93. The van der Waals surface area contributed by atoms with E-state index in [1.807, 2.05) is 70.0 Å². The van der Waals surface area contributed by atoms with Crippen molar-refractivity contribution in [2.24, 2.45) is 5.92 Å². The number of anilines is 2. The van der Waals surface area contributed by atoms with Crippen molar-refractivity contribution in [1.29, 1.82) is 0 Å². The summed E-state index contributed by atoms with van der Waals surface area (Å²) in [4.78, 5) is 31.1. The highest BCUT2D eigenvalue weighted by molar-refractivity contribution is 5.94. The first-order chi connectivity index (χ1) is 14.6. The Morgan fingerprint density at radius 3 is 2.16 bits per heavy atom. The number of benzene rings is 2. The Bertz CT molecular complexity index is 895. The fourth-order valence-electron chi connectivity index (χ4n) is 3.07. The molecule has 2 aromatic rings. The normalized spacial score (nSPS) is 11.0. The molecule has 0 unspecified atom stereocenters. The smallest absolute Gasteiger partial charge is 0.254 e. The zero-order chi connectivity index (χ0) is 23.1. The molecule has 0 aliphatic carbocycles. The lowest BCUT2D eigenvalue weighted by Gasteiger charge is -2.27. The minimum atomic E-state index is -0.375. The number of carbonyl (C=O) groups is 2. The number of rotatable bonds is 9. The van der Waals surface area contributed by atoms with Gasteiger partial charge in [-0.25, -0.2) is 4.39 Å². The van der Waals surface area contributed by atoms with Gasteiger partial charge in [-0.15, -0.1) is 0 Å². The summed E-state index contributed by atoms with van der Waals surface area (Å²) in [6, 6.07) is 11.3. The van der Waals surface area contributed by atoms with Crippen LogP contribution in [0.4, 0.5) is 15.8 Å². The molecule has 0 saturated carbocycles. The fraction of sp³-hybridized carbons (Fsp3) is 0.417. The Morgan fingerprint density at radius 2 is 1.61 bits per heavy atom. The highest BCUT2D eigenvalue weighted by atomic mass is 19.1. The monoisotopic (exact) mass is 428 g/mol. The average molecular weight is 429 g/mol. The first-order valence-electron chi connectivity index (χ1n) is 10.4. The van der Waals surface area contributed by atoms with Gasteiger partial charge in [0.05, 0.1) is 0 Å². The molecule has 0 spiro atoms. The van der Waals surface area contributed by atoms with Crippen LogP contribution in [0.25, 0.3) is 0 Å². The molecular formula is C24H33FN4O2. The average Bonchev–Trinajstić information content (AvgIpc) is 2.70. The van der Waals surface area contributed by atoms with Gasteiger partial charge in [0.15, 0.2) is 0 Å². The maximum absolute atomic E-state index is 13.3. The Morgan fingerprint density at radius 1 is 0.968 bits per heavy atom. The Balaban J connectivity index is 2.37. The first kappa shape index (κ1) is 24.3. The van der Waals surface area contributed by atoms with Crippen molar-refractivity contribution < 1.29 is 14.0 Å². The number of amides is 2. The molecule has 168 valence electrons. The van der Waals surface area contributed by atoms with E-state index in [-0.39, 0.29) is 23.5 Å². The third-order valence-corrected chi connectivity index (χ3v) is 4.91. The van der Waals surface area contributed by atoms with Crippen LogP contribution in [0.5, 0.6) is 0 Å². The van der Waals surface area contributed by atoms with Gasteiger partial charge >= 0.3 is 0 Å². The summed E-state index contributed by atoms with van der Waals surface area (Å²) in [6.45, 7) is 5.25. The molecule has 0 fully saturated rings. The molecule has 0 bridgehead atoms. The van der Waals surface area contributed by atoms with E-state index in [2.05, 4.69) is 5.32 Å².